The van der Waals surface area contributed by atoms with Gasteiger partial charge in [0.2, 0.25) is 16.9 Å². The number of imide groups is 1. The van der Waals surface area contributed by atoms with Gasteiger partial charge in [-0.05, 0) is 13.8 Å². The van der Waals surface area contributed by atoms with Gasteiger partial charge in [0.15, 0.2) is 4.34 Å². The Hall–Kier alpha value is -1.15. The van der Waals surface area contributed by atoms with E-state index in [-0.39, 0.29) is 24.3 Å². The lowest BCUT2D eigenvalue weighted by molar-refractivity contribution is -0.140. The van der Waals surface area contributed by atoms with Crippen LogP contribution in [0.4, 0.5) is 5.13 Å². The standard InChI is InChI=1S/C9H12N4O2S2/c1-4(2)13-6(14)3-5(7(13)15)16-9-12-11-8(10)17-9/h4-5H,3H2,1-2H3,(H2,10,11). The van der Waals surface area contributed by atoms with Crippen LogP contribution in [0.3, 0.4) is 0 Å². The number of nitrogen functional groups attached to an aromatic ring is 1. The minimum Gasteiger partial charge on any atom is -0.374 e. The first-order valence-electron chi connectivity index (χ1n) is 5.10. The summed E-state index contributed by atoms with van der Waals surface area (Å²) < 4.78 is 0.624. The maximum absolute atomic E-state index is 12.0. The summed E-state index contributed by atoms with van der Waals surface area (Å²) >= 11 is 2.48. The highest BCUT2D eigenvalue weighted by Crippen LogP contribution is 2.34. The zero-order valence-corrected chi connectivity index (χ0v) is 11.0. The first-order chi connectivity index (χ1) is 7.99. The summed E-state index contributed by atoms with van der Waals surface area (Å²) in [6, 6.07) is -0.0971. The molecular weight excluding hydrogens is 260 g/mol. The fraction of sp³-hybridized carbons (Fsp3) is 0.556. The van der Waals surface area contributed by atoms with Crippen LogP contribution in [0.2, 0.25) is 0 Å². The quantitative estimate of drug-likeness (QED) is 0.817. The highest BCUT2D eigenvalue weighted by atomic mass is 32.2. The largest absolute Gasteiger partial charge is 0.374 e. The lowest BCUT2D eigenvalue weighted by Gasteiger charge is -2.18. The average Bonchev–Trinajstić information content (AvgIpc) is 2.73. The molecule has 0 bridgehead atoms. The molecule has 8 heteroatoms. The van der Waals surface area contributed by atoms with E-state index >= 15 is 0 Å². The summed E-state index contributed by atoms with van der Waals surface area (Å²) in [4.78, 5) is 25.0. The number of nitrogens with zero attached hydrogens (tertiary/aromatic N) is 3. The van der Waals surface area contributed by atoms with E-state index in [9.17, 15) is 9.59 Å². The molecule has 2 heterocycles. The van der Waals surface area contributed by atoms with E-state index in [0.717, 1.165) is 0 Å². The predicted molar refractivity (Wildman–Crippen MR) is 65.6 cm³/mol. The van der Waals surface area contributed by atoms with Crippen molar-refractivity contribution >= 4 is 40.0 Å². The summed E-state index contributed by atoms with van der Waals surface area (Å²) in [7, 11) is 0. The van der Waals surface area contributed by atoms with Crippen molar-refractivity contribution in [1.82, 2.24) is 15.1 Å². The van der Waals surface area contributed by atoms with Crippen LogP contribution in [0.25, 0.3) is 0 Å². The number of carbonyl (C=O) groups excluding carboxylic acids is 2. The Labute approximate surface area is 107 Å². The number of rotatable bonds is 3. The summed E-state index contributed by atoms with van der Waals surface area (Å²) in [6.07, 6.45) is 0.223. The molecule has 92 valence electrons. The molecule has 2 amide bonds. The molecule has 0 radical (unpaired) electrons. The number of likely N-dealkylation sites (tertiary alicyclic amines) is 1. The van der Waals surface area contributed by atoms with Crippen LogP contribution < -0.4 is 5.73 Å². The third kappa shape index (κ3) is 2.42. The molecule has 1 atom stereocenters. The number of aromatic nitrogens is 2. The molecule has 0 aliphatic carbocycles. The van der Waals surface area contributed by atoms with Crippen LogP contribution in [0.15, 0.2) is 4.34 Å². The zero-order chi connectivity index (χ0) is 12.6. The molecule has 17 heavy (non-hydrogen) atoms. The first kappa shape index (κ1) is 12.3. The van der Waals surface area contributed by atoms with Gasteiger partial charge in [0.05, 0.1) is 5.25 Å². The molecule has 1 aliphatic heterocycles. The van der Waals surface area contributed by atoms with Crippen LogP contribution >= 0.6 is 23.1 Å². The predicted octanol–water partition coefficient (Wildman–Crippen LogP) is 0.748. The van der Waals surface area contributed by atoms with Gasteiger partial charge in [-0.1, -0.05) is 23.1 Å². The van der Waals surface area contributed by atoms with E-state index in [2.05, 4.69) is 10.2 Å². The molecule has 1 aromatic heterocycles. The van der Waals surface area contributed by atoms with E-state index in [1.807, 2.05) is 13.8 Å². The molecule has 6 nitrogen and oxygen atoms in total. The van der Waals surface area contributed by atoms with E-state index in [0.29, 0.717) is 9.47 Å². The second kappa shape index (κ2) is 4.61. The number of carbonyl (C=O) groups is 2. The molecule has 0 spiro atoms. The zero-order valence-electron chi connectivity index (χ0n) is 9.41. The first-order valence-corrected chi connectivity index (χ1v) is 6.80. The average molecular weight is 272 g/mol. The SMILES string of the molecule is CC(C)N1C(=O)CC(Sc2nnc(N)s2)C1=O. The summed E-state index contributed by atoms with van der Waals surface area (Å²) in [5, 5.41) is 7.48. The number of thioether (sulfide) groups is 1. The van der Waals surface area contributed by atoms with Gasteiger partial charge in [0.25, 0.3) is 0 Å². The lowest BCUT2D eigenvalue weighted by atomic mass is 10.3. The normalized spacial score (nSPS) is 20.6. The van der Waals surface area contributed by atoms with Crippen molar-refractivity contribution in [2.45, 2.75) is 35.9 Å². The minimum absolute atomic E-state index is 0.0971. The molecule has 0 saturated carbocycles. The van der Waals surface area contributed by atoms with Crippen LogP contribution in [0.1, 0.15) is 20.3 Å². The second-order valence-corrected chi connectivity index (χ2v) is 6.37. The van der Waals surface area contributed by atoms with Crippen LogP contribution in [-0.2, 0) is 9.59 Å². The summed E-state index contributed by atoms with van der Waals surface area (Å²) in [5.74, 6) is -0.274. The van der Waals surface area contributed by atoms with Gasteiger partial charge in [-0.2, -0.15) is 0 Å². The molecule has 2 N–H and O–H groups in total. The molecule has 1 fully saturated rings. The fourth-order valence-corrected chi connectivity index (χ4v) is 3.56. The smallest absolute Gasteiger partial charge is 0.243 e. The Morgan fingerprint density at radius 2 is 2.18 bits per heavy atom. The van der Waals surface area contributed by atoms with Gasteiger partial charge in [0, 0.05) is 12.5 Å². The molecule has 1 aromatic rings. The van der Waals surface area contributed by atoms with Crippen molar-refractivity contribution in [2.75, 3.05) is 5.73 Å². The van der Waals surface area contributed by atoms with Gasteiger partial charge in [-0.3, -0.25) is 14.5 Å². The van der Waals surface area contributed by atoms with Gasteiger partial charge in [-0.15, -0.1) is 10.2 Å². The number of anilines is 1. The topological polar surface area (TPSA) is 89.2 Å². The van der Waals surface area contributed by atoms with Gasteiger partial charge >= 0.3 is 0 Å². The Bertz CT molecular complexity index is 460. The monoisotopic (exact) mass is 272 g/mol. The Morgan fingerprint density at radius 1 is 1.47 bits per heavy atom. The van der Waals surface area contributed by atoms with Crippen molar-refractivity contribution in [1.29, 1.82) is 0 Å². The van der Waals surface area contributed by atoms with Crippen LogP contribution in [0, 0.1) is 0 Å². The fourth-order valence-electron chi connectivity index (χ4n) is 1.65. The van der Waals surface area contributed by atoms with E-state index in [1.165, 1.54) is 28.0 Å². The molecular formula is C9H12N4O2S2. The summed E-state index contributed by atoms with van der Waals surface area (Å²) in [5.41, 5.74) is 5.46. The number of hydrogen-bond donors (Lipinski definition) is 1. The lowest BCUT2D eigenvalue weighted by Crippen LogP contribution is -2.37. The molecule has 0 aromatic carbocycles. The summed E-state index contributed by atoms with van der Waals surface area (Å²) in [6.45, 7) is 3.65. The van der Waals surface area contributed by atoms with Crippen LogP contribution in [-0.4, -0.2) is 38.2 Å². The molecule has 1 saturated heterocycles. The van der Waals surface area contributed by atoms with E-state index in [4.69, 9.17) is 5.73 Å². The number of nitrogens with two attached hydrogens (primary N) is 1. The third-order valence-electron chi connectivity index (χ3n) is 2.32. The third-order valence-corrected chi connectivity index (χ3v) is 4.34. The highest BCUT2D eigenvalue weighted by molar-refractivity contribution is 8.02. The van der Waals surface area contributed by atoms with Gasteiger partial charge < -0.3 is 5.73 Å². The molecule has 2 rings (SSSR count). The van der Waals surface area contributed by atoms with Crippen molar-refractivity contribution in [3.63, 3.8) is 0 Å². The van der Waals surface area contributed by atoms with Crippen molar-refractivity contribution in [3.05, 3.63) is 0 Å². The van der Waals surface area contributed by atoms with Crippen LogP contribution in [0.5, 0.6) is 0 Å². The molecule has 1 aliphatic rings. The second-order valence-electron chi connectivity index (χ2n) is 3.91. The van der Waals surface area contributed by atoms with Crippen molar-refractivity contribution in [3.8, 4) is 0 Å². The van der Waals surface area contributed by atoms with Gasteiger partial charge in [0.1, 0.15) is 0 Å². The Morgan fingerprint density at radius 3 is 2.65 bits per heavy atom. The van der Waals surface area contributed by atoms with Crippen molar-refractivity contribution < 1.29 is 9.59 Å². The number of amides is 2. The minimum atomic E-state index is -0.391. The molecule has 1 unspecified atom stereocenters. The highest BCUT2D eigenvalue weighted by Gasteiger charge is 2.40. The Balaban J connectivity index is 2.09. The maximum Gasteiger partial charge on any atom is 0.243 e. The van der Waals surface area contributed by atoms with Crippen molar-refractivity contribution in [2.24, 2.45) is 0 Å². The van der Waals surface area contributed by atoms with Gasteiger partial charge in [-0.25, -0.2) is 0 Å². The van der Waals surface area contributed by atoms with E-state index in [1.54, 1.807) is 0 Å². The Kier molecular flexibility index (Phi) is 3.34. The maximum atomic E-state index is 12.0. The van der Waals surface area contributed by atoms with E-state index < -0.39 is 5.25 Å². The number of hydrogen-bond acceptors (Lipinski definition) is 7.